The number of hydrogen-bond acceptors (Lipinski definition) is 3. The molecule has 0 aliphatic carbocycles. The maximum atomic E-state index is 5.59. The summed E-state index contributed by atoms with van der Waals surface area (Å²) in [6, 6.07) is 0. The van der Waals surface area contributed by atoms with Crippen LogP contribution in [-0.2, 0) is 0 Å². The van der Waals surface area contributed by atoms with Gasteiger partial charge in [-0.25, -0.2) is 0 Å². The highest BCUT2D eigenvalue weighted by atomic mass is 32.1. The predicted octanol–water partition coefficient (Wildman–Crippen LogP) is 1.85. The average Bonchev–Trinajstić information content (AvgIpc) is 2.13. The minimum atomic E-state index is 0.455. The fourth-order valence-corrected chi connectivity index (χ4v) is 1.41. The lowest BCUT2D eigenvalue weighted by Gasteiger charge is -1.98. The van der Waals surface area contributed by atoms with Gasteiger partial charge in [0.05, 0.1) is 11.4 Å². The number of nitrogens with zero attached hydrogens (tertiary/aromatic N) is 1. The van der Waals surface area contributed by atoms with Crippen LogP contribution in [0.15, 0.2) is 5.38 Å². The van der Waals surface area contributed by atoms with Crippen molar-refractivity contribution in [2.24, 2.45) is 0 Å². The van der Waals surface area contributed by atoms with Crippen molar-refractivity contribution in [3.63, 3.8) is 0 Å². The summed E-state index contributed by atoms with van der Waals surface area (Å²) in [5.41, 5.74) is 7.45. The van der Waals surface area contributed by atoms with Crippen LogP contribution in [0, 0.1) is 0 Å². The van der Waals surface area contributed by atoms with Gasteiger partial charge in [-0.15, -0.1) is 0 Å². The molecule has 0 unspecified atom stereocenters. The molecule has 1 aromatic heterocycles. The summed E-state index contributed by atoms with van der Waals surface area (Å²) in [5, 5.41) is 1.87. The molecule has 0 aromatic carbocycles. The molecule has 0 amide bonds. The van der Waals surface area contributed by atoms with Gasteiger partial charge in [0.25, 0.3) is 0 Å². The second-order valence-electron chi connectivity index (χ2n) is 2.31. The molecule has 0 aliphatic rings. The molecule has 0 saturated heterocycles. The first-order chi connectivity index (χ1) is 4.22. The Kier molecular flexibility index (Phi) is 1.71. The first-order valence-corrected chi connectivity index (χ1v) is 3.75. The van der Waals surface area contributed by atoms with Crippen LogP contribution in [0.25, 0.3) is 0 Å². The molecule has 1 aromatic rings. The first-order valence-electron chi connectivity index (χ1n) is 2.91. The molecule has 0 fully saturated rings. The van der Waals surface area contributed by atoms with Gasteiger partial charge in [0, 0.05) is 5.38 Å². The molecular weight excluding hydrogens is 132 g/mol. The third kappa shape index (κ3) is 1.21. The van der Waals surface area contributed by atoms with Gasteiger partial charge in [-0.05, 0) is 17.5 Å². The van der Waals surface area contributed by atoms with Crippen LogP contribution in [0.4, 0.5) is 5.69 Å². The largest absolute Gasteiger partial charge is 0.397 e. The molecule has 2 N–H and O–H groups in total. The molecular formula is C6H10N2S. The minimum absolute atomic E-state index is 0.455. The number of aromatic nitrogens is 1. The zero-order chi connectivity index (χ0) is 6.85. The van der Waals surface area contributed by atoms with Gasteiger partial charge in [-0.1, -0.05) is 13.8 Å². The van der Waals surface area contributed by atoms with Crippen molar-refractivity contribution in [2.45, 2.75) is 19.8 Å². The molecule has 0 atom stereocenters. The first kappa shape index (κ1) is 6.55. The second-order valence-corrected chi connectivity index (χ2v) is 2.94. The van der Waals surface area contributed by atoms with Crippen molar-refractivity contribution < 1.29 is 0 Å². The summed E-state index contributed by atoms with van der Waals surface area (Å²) in [6.07, 6.45) is 0. The van der Waals surface area contributed by atoms with Gasteiger partial charge >= 0.3 is 0 Å². The Bertz CT molecular complexity index is 193. The number of anilines is 1. The fourth-order valence-electron chi connectivity index (χ4n) is 0.692. The van der Waals surface area contributed by atoms with Crippen molar-refractivity contribution in [3.8, 4) is 0 Å². The van der Waals surface area contributed by atoms with Crippen LogP contribution in [0.3, 0.4) is 0 Å². The van der Waals surface area contributed by atoms with Gasteiger partial charge in [0.2, 0.25) is 0 Å². The lowest BCUT2D eigenvalue weighted by Crippen LogP contribution is -1.92. The van der Waals surface area contributed by atoms with E-state index in [-0.39, 0.29) is 0 Å². The smallest absolute Gasteiger partial charge is 0.0796 e. The van der Waals surface area contributed by atoms with Crippen molar-refractivity contribution in [2.75, 3.05) is 5.73 Å². The Labute approximate surface area is 58.9 Å². The number of rotatable bonds is 1. The highest BCUT2D eigenvalue weighted by molar-refractivity contribution is 7.04. The van der Waals surface area contributed by atoms with Crippen molar-refractivity contribution in [1.82, 2.24) is 4.37 Å². The molecule has 0 bridgehead atoms. The third-order valence-electron chi connectivity index (χ3n) is 1.17. The predicted molar refractivity (Wildman–Crippen MR) is 40.6 cm³/mol. The maximum Gasteiger partial charge on any atom is 0.0796 e. The number of hydrogen-bond donors (Lipinski definition) is 1. The molecule has 1 heterocycles. The van der Waals surface area contributed by atoms with Gasteiger partial charge in [-0.2, -0.15) is 4.37 Å². The summed E-state index contributed by atoms with van der Waals surface area (Å²) in [7, 11) is 0. The summed E-state index contributed by atoms with van der Waals surface area (Å²) in [4.78, 5) is 0. The summed E-state index contributed by atoms with van der Waals surface area (Å²) < 4.78 is 4.13. The third-order valence-corrected chi connectivity index (χ3v) is 1.83. The van der Waals surface area contributed by atoms with Gasteiger partial charge < -0.3 is 5.73 Å². The highest BCUT2D eigenvalue weighted by Gasteiger charge is 2.04. The summed E-state index contributed by atoms with van der Waals surface area (Å²) >= 11 is 1.42. The van der Waals surface area contributed by atoms with E-state index in [2.05, 4.69) is 18.2 Å². The molecule has 0 radical (unpaired) electrons. The lowest BCUT2D eigenvalue weighted by atomic mass is 10.1. The standard InChI is InChI=1S/C6H10N2S/c1-4(2)6-5(7)3-9-8-6/h3-4H,7H2,1-2H3. The van der Waals surface area contributed by atoms with E-state index in [1.807, 2.05) is 5.38 Å². The number of nitrogen functional groups attached to an aromatic ring is 1. The van der Waals surface area contributed by atoms with Crippen LogP contribution in [0.1, 0.15) is 25.5 Å². The van der Waals surface area contributed by atoms with E-state index in [1.165, 1.54) is 11.5 Å². The van der Waals surface area contributed by atoms with E-state index in [9.17, 15) is 0 Å². The van der Waals surface area contributed by atoms with E-state index in [1.54, 1.807) is 0 Å². The molecule has 0 aliphatic heterocycles. The van der Waals surface area contributed by atoms with Gasteiger partial charge in [0.1, 0.15) is 0 Å². The van der Waals surface area contributed by atoms with Crippen LogP contribution in [0.2, 0.25) is 0 Å². The van der Waals surface area contributed by atoms with Crippen LogP contribution in [-0.4, -0.2) is 4.37 Å². The Morgan fingerprint density at radius 2 is 2.33 bits per heavy atom. The molecule has 0 spiro atoms. The zero-order valence-electron chi connectivity index (χ0n) is 5.59. The minimum Gasteiger partial charge on any atom is -0.397 e. The highest BCUT2D eigenvalue weighted by Crippen LogP contribution is 2.20. The van der Waals surface area contributed by atoms with E-state index in [0.29, 0.717) is 5.92 Å². The van der Waals surface area contributed by atoms with Crippen molar-refractivity contribution in [3.05, 3.63) is 11.1 Å². The second kappa shape index (κ2) is 2.35. The Balaban J connectivity index is 2.94. The molecule has 1 rings (SSSR count). The van der Waals surface area contributed by atoms with Crippen molar-refractivity contribution in [1.29, 1.82) is 0 Å². The molecule has 2 nitrogen and oxygen atoms in total. The average molecular weight is 142 g/mol. The van der Waals surface area contributed by atoms with E-state index < -0.39 is 0 Å². The molecule has 9 heavy (non-hydrogen) atoms. The fraction of sp³-hybridized carbons (Fsp3) is 0.500. The topological polar surface area (TPSA) is 38.9 Å². The quantitative estimate of drug-likeness (QED) is 0.650. The molecule has 50 valence electrons. The van der Waals surface area contributed by atoms with E-state index in [4.69, 9.17) is 5.73 Å². The van der Waals surface area contributed by atoms with Crippen LogP contribution in [0.5, 0.6) is 0 Å². The maximum absolute atomic E-state index is 5.59. The summed E-state index contributed by atoms with van der Waals surface area (Å²) in [5.74, 6) is 0.455. The lowest BCUT2D eigenvalue weighted by molar-refractivity contribution is 0.844. The Morgan fingerprint density at radius 3 is 2.56 bits per heavy atom. The molecule has 0 saturated carbocycles. The van der Waals surface area contributed by atoms with Gasteiger partial charge in [-0.3, -0.25) is 0 Å². The number of nitrogens with two attached hydrogens (primary N) is 1. The zero-order valence-corrected chi connectivity index (χ0v) is 6.40. The van der Waals surface area contributed by atoms with E-state index in [0.717, 1.165) is 11.4 Å². The Hall–Kier alpha value is -0.570. The van der Waals surface area contributed by atoms with Crippen LogP contribution < -0.4 is 5.73 Å². The van der Waals surface area contributed by atoms with Crippen molar-refractivity contribution >= 4 is 17.2 Å². The SMILES string of the molecule is CC(C)c1nscc1N. The summed E-state index contributed by atoms with van der Waals surface area (Å²) in [6.45, 7) is 4.18. The normalized spacial score (nSPS) is 10.6. The van der Waals surface area contributed by atoms with E-state index >= 15 is 0 Å². The monoisotopic (exact) mass is 142 g/mol. The van der Waals surface area contributed by atoms with Gasteiger partial charge in [0.15, 0.2) is 0 Å². The molecule has 3 heteroatoms. The Morgan fingerprint density at radius 1 is 1.67 bits per heavy atom. The van der Waals surface area contributed by atoms with Crippen LogP contribution >= 0.6 is 11.5 Å².